The van der Waals surface area contributed by atoms with E-state index in [4.69, 9.17) is 10.4 Å². The van der Waals surface area contributed by atoms with Crippen LogP contribution in [-0.2, 0) is 17.1 Å². The molecule has 0 aromatic heterocycles. The molecule has 0 aliphatic rings. The molecule has 0 aliphatic heterocycles. The summed E-state index contributed by atoms with van der Waals surface area (Å²) in [6.07, 6.45) is -10.4. The van der Waals surface area contributed by atoms with Gasteiger partial charge in [-0.25, -0.2) is 4.79 Å². The Morgan fingerprint density at radius 3 is 1.96 bits per heavy atom. The standard InChI is InChI=1S/C15H12F6N2O3/c16-14(17,18)9-5-8(6-10(7-9)15(19,20)21)12(24)23-11(13(25)26)3-1-2-4-22/h5-7,11H,1-3H2,(H,23,24)(H,25,26)/t11-/m0/s1. The molecule has 0 saturated carbocycles. The topological polar surface area (TPSA) is 90.2 Å². The van der Waals surface area contributed by atoms with Gasteiger partial charge in [-0.3, -0.25) is 4.79 Å². The zero-order chi connectivity index (χ0) is 20.1. The fourth-order valence-electron chi connectivity index (χ4n) is 1.97. The second kappa shape index (κ2) is 8.07. The van der Waals surface area contributed by atoms with Crippen LogP contribution in [-0.4, -0.2) is 23.0 Å². The Hall–Kier alpha value is -2.77. The molecule has 1 atom stereocenters. The quantitative estimate of drug-likeness (QED) is 0.581. The van der Waals surface area contributed by atoms with Crippen molar-refractivity contribution in [2.45, 2.75) is 37.7 Å². The van der Waals surface area contributed by atoms with E-state index < -0.39 is 47.0 Å². The molecule has 0 unspecified atom stereocenters. The van der Waals surface area contributed by atoms with Gasteiger partial charge in [-0.1, -0.05) is 0 Å². The van der Waals surface area contributed by atoms with Gasteiger partial charge in [-0.2, -0.15) is 31.6 Å². The van der Waals surface area contributed by atoms with Gasteiger partial charge in [0.05, 0.1) is 17.2 Å². The number of amides is 1. The molecule has 142 valence electrons. The van der Waals surface area contributed by atoms with Crippen LogP contribution in [0, 0.1) is 11.3 Å². The van der Waals surface area contributed by atoms with Crippen LogP contribution < -0.4 is 5.32 Å². The first-order valence-corrected chi connectivity index (χ1v) is 7.06. The number of nitriles is 1. The molecule has 1 aromatic rings. The van der Waals surface area contributed by atoms with Gasteiger partial charge < -0.3 is 10.4 Å². The number of hydrogen-bond donors (Lipinski definition) is 2. The summed E-state index contributed by atoms with van der Waals surface area (Å²) in [5, 5.41) is 19.2. The average molecular weight is 382 g/mol. The van der Waals surface area contributed by atoms with Crippen molar-refractivity contribution in [3.8, 4) is 6.07 Å². The van der Waals surface area contributed by atoms with E-state index in [9.17, 15) is 35.9 Å². The van der Waals surface area contributed by atoms with Gasteiger partial charge in [0, 0.05) is 12.0 Å². The zero-order valence-electron chi connectivity index (χ0n) is 12.9. The molecule has 1 amide bonds. The van der Waals surface area contributed by atoms with Gasteiger partial charge in [-0.15, -0.1) is 0 Å². The van der Waals surface area contributed by atoms with Crippen LogP contribution in [0.5, 0.6) is 0 Å². The van der Waals surface area contributed by atoms with Crippen LogP contribution in [0.2, 0.25) is 0 Å². The molecule has 2 N–H and O–H groups in total. The minimum absolute atomic E-state index is 0.0264. The van der Waals surface area contributed by atoms with Crippen molar-refractivity contribution in [1.29, 1.82) is 5.26 Å². The number of rotatable bonds is 6. The molecule has 0 radical (unpaired) electrons. The van der Waals surface area contributed by atoms with Crippen LogP contribution in [0.15, 0.2) is 18.2 Å². The normalized spacial score (nSPS) is 13.0. The van der Waals surface area contributed by atoms with E-state index in [2.05, 4.69) is 0 Å². The Bertz CT molecular complexity index is 689. The van der Waals surface area contributed by atoms with Crippen molar-refractivity contribution in [3.63, 3.8) is 0 Å². The number of aliphatic carboxylic acids is 1. The SMILES string of the molecule is N#CCCC[C@H](NC(=O)c1cc(C(F)(F)F)cc(C(F)(F)F)c1)C(=O)O. The van der Waals surface area contributed by atoms with Gasteiger partial charge in [0.1, 0.15) is 6.04 Å². The molecule has 0 fully saturated rings. The number of alkyl halides is 6. The lowest BCUT2D eigenvalue weighted by molar-refractivity contribution is -0.143. The second-order valence-electron chi connectivity index (χ2n) is 5.21. The maximum atomic E-state index is 12.8. The molecule has 0 bridgehead atoms. The van der Waals surface area contributed by atoms with E-state index in [1.54, 1.807) is 6.07 Å². The highest BCUT2D eigenvalue weighted by molar-refractivity contribution is 5.97. The van der Waals surface area contributed by atoms with Crippen molar-refractivity contribution in [2.75, 3.05) is 0 Å². The summed E-state index contributed by atoms with van der Waals surface area (Å²) >= 11 is 0. The summed E-state index contributed by atoms with van der Waals surface area (Å²) in [7, 11) is 0. The lowest BCUT2D eigenvalue weighted by atomic mass is 10.0. The Morgan fingerprint density at radius 1 is 1.08 bits per heavy atom. The summed E-state index contributed by atoms with van der Waals surface area (Å²) in [4.78, 5) is 23.0. The zero-order valence-corrected chi connectivity index (χ0v) is 12.9. The molecule has 5 nitrogen and oxygen atoms in total. The number of benzene rings is 1. The minimum atomic E-state index is -5.13. The number of carbonyl (C=O) groups is 2. The Balaban J connectivity index is 3.17. The van der Waals surface area contributed by atoms with Crippen LogP contribution in [0.3, 0.4) is 0 Å². The number of carboxylic acids is 1. The summed E-state index contributed by atoms with van der Waals surface area (Å²) in [6, 6.07) is 0.457. The van der Waals surface area contributed by atoms with E-state index >= 15 is 0 Å². The number of carbonyl (C=O) groups excluding carboxylic acids is 1. The second-order valence-corrected chi connectivity index (χ2v) is 5.21. The third kappa shape index (κ3) is 5.94. The molecule has 0 saturated heterocycles. The highest BCUT2D eigenvalue weighted by Gasteiger charge is 2.37. The predicted molar refractivity (Wildman–Crippen MR) is 74.8 cm³/mol. The summed E-state index contributed by atoms with van der Waals surface area (Å²) < 4.78 is 76.6. The van der Waals surface area contributed by atoms with Gasteiger partial charge in [0.25, 0.3) is 5.91 Å². The first kappa shape index (κ1) is 21.3. The molecular formula is C15H12F6N2O3. The number of halogens is 6. The number of hydrogen-bond acceptors (Lipinski definition) is 3. The van der Waals surface area contributed by atoms with Crippen molar-refractivity contribution < 1.29 is 41.0 Å². The van der Waals surface area contributed by atoms with Crippen molar-refractivity contribution in [3.05, 3.63) is 34.9 Å². The third-order valence-electron chi connectivity index (χ3n) is 3.23. The van der Waals surface area contributed by atoms with E-state index in [1.807, 2.05) is 5.32 Å². The summed E-state index contributed by atoms with van der Waals surface area (Å²) in [6.45, 7) is 0. The maximum absolute atomic E-state index is 12.8. The molecule has 0 aliphatic carbocycles. The van der Waals surface area contributed by atoms with Crippen LogP contribution >= 0.6 is 0 Å². The van der Waals surface area contributed by atoms with Crippen molar-refractivity contribution in [1.82, 2.24) is 5.32 Å². The first-order chi connectivity index (χ1) is 11.9. The smallest absolute Gasteiger partial charge is 0.416 e. The summed E-state index contributed by atoms with van der Waals surface area (Å²) in [5.74, 6) is -2.93. The number of nitrogens with one attached hydrogen (secondary N) is 1. The van der Waals surface area contributed by atoms with Gasteiger partial charge >= 0.3 is 18.3 Å². The largest absolute Gasteiger partial charge is 0.480 e. The highest BCUT2D eigenvalue weighted by Crippen LogP contribution is 2.36. The van der Waals surface area contributed by atoms with Crippen LogP contribution in [0.1, 0.15) is 40.7 Å². The molecular weight excluding hydrogens is 370 g/mol. The lowest BCUT2D eigenvalue weighted by Crippen LogP contribution is -2.40. The molecule has 0 spiro atoms. The van der Waals surface area contributed by atoms with Crippen molar-refractivity contribution >= 4 is 11.9 Å². The van der Waals surface area contributed by atoms with Crippen molar-refractivity contribution in [2.24, 2.45) is 0 Å². The molecule has 26 heavy (non-hydrogen) atoms. The van der Waals surface area contributed by atoms with Gasteiger partial charge in [0.15, 0.2) is 0 Å². The summed E-state index contributed by atoms with van der Waals surface area (Å²) in [5.41, 5.74) is -4.35. The van der Waals surface area contributed by atoms with E-state index in [0.29, 0.717) is 0 Å². The highest BCUT2D eigenvalue weighted by atomic mass is 19.4. The number of nitrogens with zero attached hydrogens (tertiary/aromatic N) is 1. The Morgan fingerprint density at radius 2 is 1.58 bits per heavy atom. The fraction of sp³-hybridized carbons (Fsp3) is 0.400. The monoisotopic (exact) mass is 382 g/mol. The molecule has 1 rings (SSSR count). The van der Waals surface area contributed by atoms with E-state index in [-0.39, 0.29) is 37.5 Å². The predicted octanol–water partition coefficient (Wildman–Crippen LogP) is 3.60. The number of unbranched alkanes of at least 4 members (excludes halogenated alkanes) is 1. The van der Waals surface area contributed by atoms with Gasteiger partial charge in [0.2, 0.25) is 0 Å². The van der Waals surface area contributed by atoms with Gasteiger partial charge in [-0.05, 0) is 31.0 Å². The fourth-order valence-corrected chi connectivity index (χ4v) is 1.97. The number of carboxylic acid groups (broad SMARTS) is 1. The molecule has 0 heterocycles. The molecule has 11 heteroatoms. The minimum Gasteiger partial charge on any atom is -0.480 e. The maximum Gasteiger partial charge on any atom is 0.416 e. The van der Waals surface area contributed by atoms with E-state index in [1.165, 1.54) is 0 Å². The van der Waals surface area contributed by atoms with E-state index in [0.717, 1.165) is 0 Å². The Kier molecular flexibility index (Phi) is 6.60. The third-order valence-corrected chi connectivity index (χ3v) is 3.23. The van der Waals surface area contributed by atoms with Crippen LogP contribution in [0.25, 0.3) is 0 Å². The molecule has 1 aromatic carbocycles. The van der Waals surface area contributed by atoms with Crippen LogP contribution in [0.4, 0.5) is 26.3 Å². The Labute approximate surface area is 143 Å². The lowest BCUT2D eigenvalue weighted by Gasteiger charge is -2.16. The average Bonchev–Trinajstić information content (AvgIpc) is 2.51. The first-order valence-electron chi connectivity index (χ1n) is 7.06.